The summed E-state index contributed by atoms with van der Waals surface area (Å²) in [5.41, 5.74) is 2.30. The maximum absolute atomic E-state index is 5.35. The van der Waals surface area contributed by atoms with Crippen molar-refractivity contribution in [1.82, 2.24) is 20.4 Å². The number of hydrogen-bond acceptors (Lipinski definition) is 3. The van der Waals surface area contributed by atoms with Gasteiger partial charge >= 0.3 is 0 Å². The van der Waals surface area contributed by atoms with E-state index in [1.165, 1.54) is 5.56 Å². The summed E-state index contributed by atoms with van der Waals surface area (Å²) in [5, 5.41) is 10.7. The number of nitrogens with one attached hydrogen (secondary N) is 2. The maximum Gasteiger partial charge on any atom is 0.191 e. The summed E-state index contributed by atoms with van der Waals surface area (Å²) in [6.45, 7) is 1.48. The Bertz CT molecular complexity index is 621. The Labute approximate surface area is 131 Å². The molecule has 1 aromatic heterocycles. The van der Waals surface area contributed by atoms with E-state index < -0.39 is 0 Å². The Balaban J connectivity index is 1.79. The molecular weight excluding hydrogens is 278 g/mol. The first-order valence-electron chi connectivity index (χ1n) is 7.27. The molecule has 2 N–H and O–H groups in total. The summed E-state index contributed by atoms with van der Waals surface area (Å²) in [6.07, 6.45) is 4.70. The SMILES string of the molecule is CN=C(NCCc1ccccc1OC)NCc1cnn(C)c1. The number of methoxy groups -OCH3 is 1. The second-order valence-electron chi connectivity index (χ2n) is 4.94. The van der Waals surface area contributed by atoms with E-state index in [-0.39, 0.29) is 0 Å². The Morgan fingerprint density at radius 1 is 1.32 bits per heavy atom. The third-order valence-corrected chi connectivity index (χ3v) is 3.32. The fourth-order valence-electron chi connectivity index (χ4n) is 2.19. The van der Waals surface area contributed by atoms with Gasteiger partial charge < -0.3 is 15.4 Å². The number of hydrogen-bond donors (Lipinski definition) is 2. The summed E-state index contributed by atoms with van der Waals surface area (Å²) in [6, 6.07) is 8.05. The zero-order valence-electron chi connectivity index (χ0n) is 13.3. The number of benzene rings is 1. The van der Waals surface area contributed by atoms with Gasteiger partial charge in [-0.2, -0.15) is 5.10 Å². The quantitative estimate of drug-likeness (QED) is 0.624. The van der Waals surface area contributed by atoms with Gasteiger partial charge in [-0.25, -0.2) is 0 Å². The second-order valence-corrected chi connectivity index (χ2v) is 4.94. The molecule has 0 fully saturated rings. The predicted octanol–water partition coefficient (Wildman–Crippen LogP) is 1.34. The second kappa shape index (κ2) is 8.07. The Kier molecular flexibility index (Phi) is 5.82. The molecule has 118 valence electrons. The molecule has 0 saturated heterocycles. The minimum absolute atomic E-state index is 0.697. The number of nitrogens with zero attached hydrogens (tertiary/aromatic N) is 3. The van der Waals surface area contributed by atoms with E-state index in [9.17, 15) is 0 Å². The van der Waals surface area contributed by atoms with Gasteiger partial charge in [-0.05, 0) is 18.1 Å². The first-order chi connectivity index (χ1) is 10.7. The van der Waals surface area contributed by atoms with Gasteiger partial charge in [-0.3, -0.25) is 9.67 Å². The number of aromatic nitrogens is 2. The van der Waals surface area contributed by atoms with E-state index >= 15 is 0 Å². The molecule has 0 aliphatic carbocycles. The number of ether oxygens (including phenoxy) is 1. The topological polar surface area (TPSA) is 63.5 Å². The molecule has 2 rings (SSSR count). The molecule has 0 atom stereocenters. The van der Waals surface area contributed by atoms with Crippen LogP contribution in [0.4, 0.5) is 0 Å². The maximum atomic E-state index is 5.35. The van der Waals surface area contributed by atoms with Crippen molar-refractivity contribution in [3.8, 4) is 5.75 Å². The Morgan fingerprint density at radius 2 is 2.14 bits per heavy atom. The van der Waals surface area contributed by atoms with Gasteiger partial charge in [0.2, 0.25) is 0 Å². The van der Waals surface area contributed by atoms with Crippen LogP contribution in [-0.2, 0) is 20.0 Å². The molecule has 0 bridgehead atoms. The number of para-hydroxylation sites is 1. The molecule has 0 radical (unpaired) electrons. The largest absolute Gasteiger partial charge is 0.496 e. The van der Waals surface area contributed by atoms with Crippen molar-refractivity contribution in [2.24, 2.45) is 12.0 Å². The van der Waals surface area contributed by atoms with E-state index in [0.29, 0.717) is 6.54 Å². The minimum Gasteiger partial charge on any atom is -0.496 e. The molecule has 6 nitrogen and oxygen atoms in total. The zero-order valence-corrected chi connectivity index (χ0v) is 13.3. The molecule has 0 unspecified atom stereocenters. The zero-order chi connectivity index (χ0) is 15.8. The monoisotopic (exact) mass is 301 g/mol. The average molecular weight is 301 g/mol. The number of aliphatic imine (C=N–C) groups is 1. The summed E-state index contributed by atoms with van der Waals surface area (Å²) >= 11 is 0. The fraction of sp³-hybridized carbons (Fsp3) is 0.375. The third-order valence-electron chi connectivity index (χ3n) is 3.32. The summed E-state index contributed by atoms with van der Waals surface area (Å²) in [4.78, 5) is 4.22. The van der Waals surface area contributed by atoms with Crippen molar-refractivity contribution in [3.63, 3.8) is 0 Å². The van der Waals surface area contributed by atoms with Crippen LogP contribution in [0.2, 0.25) is 0 Å². The lowest BCUT2D eigenvalue weighted by Gasteiger charge is -2.12. The summed E-state index contributed by atoms with van der Waals surface area (Å²) in [7, 11) is 5.37. The van der Waals surface area contributed by atoms with Crippen LogP contribution in [0.5, 0.6) is 5.75 Å². The molecule has 0 spiro atoms. The van der Waals surface area contributed by atoms with E-state index in [4.69, 9.17) is 4.74 Å². The normalized spacial score (nSPS) is 11.3. The lowest BCUT2D eigenvalue weighted by atomic mass is 10.1. The molecule has 6 heteroatoms. The number of aryl methyl sites for hydroxylation is 1. The van der Waals surface area contributed by atoms with Crippen molar-refractivity contribution >= 4 is 5.96 Å². The average Bonchev–Trinajstić information content (AvgIpc) is 2.96. The molecule has 2 aromatic rings. The molecule has 0 aliphatic rings. The van der Waals surface area contributed by atoms with Crippen molar-refractivity contribution in [2.75, 3.05) is 20.7 Å². The van der Waals surface area contributed by atoms with Gasteiger partial charge in [0.25, 0.3) is 0 Å². The van der Waals surface area contributed by atoms with Crippen LogP contribution < -0.4 is 15.4 Å². The van der Waals surface area contributed by atoms with Crippen LogP contribution in [0.1, 0.15) is 11.1 Å². The van der Waals surface area contributed by atoms with Crippen molar-refractivity contribution in [3.05, 3.63) is 47.8 Å². The van der Waals surface area contributed by atoms with E-state index in [2.05, 4.69) is 26.8 Å². The number of rotatable bonds is 6. The van der Waals surface area contributed by atoms with Gasteiger partial charge in [0.15, 0.2) is 5.96 Å². The standard InChI is InChI=1S/C16H23N5O/c1-17-16(19-10-13-11-20-21(2)12-13)18-9-8-14-6-4-5-7-15(14)22-3/h4-7,11-12H,8-10H2,1-3H3,(H2,17,18,19). The highest BCUT2D eigenvalue weighted by atomic mass is 16.5. The minimum atomic E-state index is 0.697. The fourth-order valence-corrected chi connectivity index (χ4v) is 2.19. The molecule has 1 heterocycles. The van der Waals surface area contributed by atoms with Crippen molar-refractivity contribution in [1.29, 1.82) is 0 Å². The lowest BCUT2D eigenvalue weighted by molar-refractivity contribution is 0.409. The van der Waals surface area contributed by atoms with Crippen molar-refractivity contribution in [2.45, 2.75) is 13.0 Å². The highest BCUT2D eigenvalue weighted by Gasteiger charge is 2.03. The lowest BCUT2D eigenvalue weighted by Crippen LogP contribution is -2.37. The van der Waals surface area contributed by atoms with Gasteiger partial charge in [-0.15, -0.1) is 0 Å². The van der Waals surface area contributed by atoms with Crippen LogP contribution >= 0.6 is 0 Å². The molecule has 0 saturated carbocycles. The van der Waals surface area contributed by atoms with Gasteiger partial charge in [0.1, 0.15) is 5.75 Å². The highest BCUT2D eigenvalue weighted by molar-refractivity contribution is 5.79. The van der Waals surface area contributed by atoms with Crippen LogP contribution in [0, 0.1) is 0 Å². The highest BCUT2D eigenvalue weighted by Crippen LogP contribution is 2.17. The van der Waals surface area contributed by atoms with E-state index in [1.54, 1.807) is 18.8 Å². The Morgan fingerprint density at radius 3 is 2.82 bits per heavy atom. The summed E-state index contributed by atoms with van der Waals surface area (Å²) < 4.78 is 7.14. The third kappa shape index (κ3) is 4.51. The first kappa shape index (κ1) is 15.9. The smallest absolute Gasteiger partial charge is 0.191 e. The molecule has 1 aromatic carbocycles. The van der Waals surface area contributed by atoms with Crippen LogP contribution in [0.25, 0.3) is 0 Å². The van der Waals surface area contributed by atoms with Crippen LogP contribution in [-0.4, -0.2) is 36.4 Å². The van der Waals surface area contributed by atoms with E-state index in [1.807, 2.05) is 37.6 Å². The first-order valence-corrected chi connectivity index (χ1v) is 7.27. The molecule has 0 aliphatic heterocycles. The van der Waals surface area contributed by atoms with Gasteiger partial charge in [-0.1, -0.05) is 18.2 Å². The number of guanidine groups is 1. The Hall–Kier alpha value is -2.50. The van der Waals surface area contributed by atoms with Crippen LogP contribution in [0.15, 0.2) is 41.7 Å². The van der Waals surface area contributed by atoms with Crippen LogP contribution in [0.3, 0.4) is 0 Å². The molecular formula is C16H23N5O. The molecule has 0 amide bonds. The van der Waals surface area contributed by atoms with E-state index in [0.717, 1.165) is 30.2 Å². The van der Waals surface area contributed by atoms with Gasteiger partial charge in [0, 0.05) is 38.9 Å². The van der Waals surface area contributed by atoms with Gasteiger partial charge in [0.05, 0.1) is 13.3 Å². The predicted molar refractivity (Wildman–Crippen MR) is 88.1 cm³/mol. The summed E-state index contributed by atoms with van der Waals surface area (Å²) in [5.74, 6) is 1.70. The van der Waals surface area contributed by atoms with Crippen molar-refractivity contribution < 1.29 is 4.74 Å². The molecule has 22 heavy (non-hydrogen) atoms.